The molecular weight excluding hydrogens is 1040 g/mol. The van der Waals surface area contributed by atoms with E-state index in [1.165, 1.54) is 0 Å². The summed E-state index contributed by atoms with van der Waals surface area (Å²) < 4.78 is 58.6. The summed E-state index contributed by atoms with van der Waals surface area (Å²) in [7, 11) is -4.87. The summed E-state index contributed by atoms with van der Waals surface area (Å²) in [6.45, 7) is 6.53. The molecule has 0 aliphatic carbocycles. The third-order valence-electron chi connectivity index (χ3n) is 14.5. The van der Waals surface area contributed by atoms with Crippen LogP contribution in [0.25, 0.3) is 0 Å². The van der Waals surface area contributed by atoms with Crippen LogP contribution in [0.15, 0.2) is 267 Å². The van der Waals surface area contributed by atoms with Crippen LogP contribution in [0.4, 0.5) is 0 Å². The van der Waals surface area contributed by atoms with Gasteiger partial charge in [-0.3, -0.25) is 18.1 Å². The van der Waals surface area contributed by atoms with Crippen LogP contribution in [-0.2, 0) is 50.0 Å². The topological polar surface area (TPSA) is 114 Å². The van der Waals surface area contributed by atoms with Crippen molar-refractivity contribution in [2.75, 3.05) is 0 Å². The quantitative estimate of drug-likeness (QED) is 0.0716. The van der Waals surface area contributed by atoms with E-state index in [-0.39, 0.29) is 12.8 Å². The molecule has 10 nitrogen and oxygen atoms in total. The first-order valence-electron chi connectivity index (χ1n) is 26.9. The summed E-state index contributed by atoms with van der Waals surface area (Å²) in [5.41, 5.74) is 1.07. The molecule has 9 aromatic carbocycles. The first-order valence-corrected chi connectivity index (χ1v) is 29.0. The van der Waals surface area contributed by atoms with E-state index in [9.17, 15) is 10.2 Å². The lowest BCUT2D eigenvalue weighted by Gasteiger charge is -2.43. The maximum atomic E-state index is 11.8. The van der Waals surface area contributed by atoms with E-state index < -0.39 is 63.4 Å². The average molecular weight is 1100 g/mol. The van der Waals surface area contributed by atoms with Crippen LogP contribution in [-0.4, -0.2) is 34.0 Å². The van der Waals surface area contributed by atoms with Crippen molar-refractivity contribution in [1.29, 1.82) is 0 Å². The molecule has 0 bridgehead atoms. The second-order valence-electron chi connectivity index (χ2n) is 21.0. The summed E-state index contributed by atoms with van der Waals surface area (Å²) in [5, 5.41) is 23.6. The molecule has 0 saturated carbocycles. The largest absolute Gasteiger partial charge is 0.427 e. The third kappa shape index (κ3) is 11.4. The van der Waals surface area contributed by atoms with Gasteiger partial charge in [0.1, 0.15) is 34.9 Å². The molecule has 12 heteroatoms. The van der Waals surface area contributed by atoms with Gasteiger partial charge in [0.15, 0.2) is 22.8 Å². The fraction of sp³-hybridized carbons (Fsp3) is 0.206. The Hall–Kier alpha value is -6.88. The van der Waals surface area contributed by atoms with Gasteiger partial charge in [-0.25, -0.2) is 0 Å². The Bertz CT molecular complexity index is 3010. The Morgan fingerprint density at radius 2 is 0.575 bits per heavy atom. The molecule has 4 unspecified atom stereocenters. The Morgan fingerprint density at radius 3 is 0.812 bits per heavy atom. The SMILES string of the molecule is CC(C)(O)OC1CC(c2ccccc2)(c2ccccc2)OP(Oc2cccc(OP3OC(c4ccccc4)(c4ccccc4)CC(OC(C)(C)O)C(c4ccccc4)(c4ccccc4)O3)c2)OC1(c1ccccc1)c1ccccc1. The van der Waals surface area contributed by atoms with E-state index in [0.29, 0.717) is 11.5 Å². The lowest BCUT2D eigenvalue weighted by atomic mass is 9.73. The highest BCUT2D eigenvalue weighted by Gasteiger charge is 2.60. The second kappa shape index (κ2) is 23.3. The van der Waals surface area contributed by atoms with Gasteiger partial charge in [-0.1, -0.05) is 249 Å². The van der Waals surface area contributed by atoms with Gasteiger partial charge in [-0.05, 0) is 84.3 Å². The van der Waals surface area contributed by atoms with Gasteiger partial charge in [0, 0.05) is 18.9 Å². The van der Waals surface area contributed by atoms with Crippen molar-refractivity contribution in [2.45, 2.75) is 86.7 Å². The van der Waals surface area contributed by atoms with E-state index in [1.54, 1.807) is 33.8 Å². The number of hydrogen-bond donors (Lipinski definition) is 2. The predicted octanol–water partition coefficient (Wildman–Crippen LogP) is 15.8. The minimum atomic E-state index is -2.44. The van der Waals surface area contributed by atoms with Gasteiger partial charge >= 0.3 is 17.2 Å². The van der Waals surface area contributed by atoms with Crippen molar-refractivity contribution in [3.05, 3.63) is 311 Å². The molecule has 0 spiro atoms. The summed E-state index contributed by atoms with van der Waals surface area (Å²) in [6.07, 6.45) is -1.41. The highest BCUT2D eigenvalue weighted by atomic mass is 31.2. The maximum Gasteiger partial charge on any atom is 0.399 e. The van der Waals surface area contributed by atoms with E-state index in [2.05, 4.69) is 0 Å². The van der Waals surface area contributed by atoms with Crippen molar-refractivity contribution in [3.63, 3.8) is 0 Å². The van der Waals surface area contributed by atoms with E-state index >= 15 is 0 Å². The van der Waals surface area contributed by atoms with Gasteiger partial charge in [0.2, 0.25) is 0 Å². The lowest BCUT2D eigenvalue weighted by molar-refractivity contribution is -0.240. The molecule has 2 N–H and O–H groups in total. The van der Waals surface area contributed by atoms with Crippen LogP contribution < -0.4 is 9.05 Å². The van der Waals surface area contributed by atoms with Crippen LogP contribution in [0.1, 0.15) is 85.0 Å². The number of rotatable bonds is 16. The molecule has 4 atom stereocenters. The van der Waals surface area contributed by atoms with Gasteiger partial charge in [-0.2, -0.15) is 0 Å². The molecule has 406 valence electrons. The number of ether oxygens (including phenoxy) is 2. The van der Waals surface area contributed by atoms with Crippen LogP contribution in [0.3, 0.4) is 0 Å². The zero-order valence-corrected chi connectivity index (χ0v) is 46.8. The Morgan fingerprint density at radius 1 is 0.338 bits per heavy atom. The third-order valence-corrected chi connectivity index (χ3v) is 17.1. The van der Waals surface area contributed by atoms with Crippen molar-refractivity contribution in [2.24, 2.45) is 0 Å². The van der Waals surface area contributed by atoms with Gasteiger partial charge < -0.3 is 28.7 Å². The highest BCUT2D eigenvalue weighted by molar-refractivity contribution is 7.42. The summed E-state index contributed by atoms with van der Waals surface area (Å²) in [4.78, 5) is 0. The Kier molecular flexibility index (Phi) is 16.0. The van der Waals surface area contributed by atoms with Gasteiger partial charge in [0.05, 0.1) is 0 Å². The molecule has 2 saturated heterocycles. The van der Waals surface area contributed by atoms with Crippen LogP contribution in [0, 0.1) is 0 Å². The molecule has 2 heterocycles. The van der Waals surface area contributed by atoms with Crippen molar-refractivity contribution < 1.29 is 46.8 Å². The number of benzene rings is 9. The Balaban J connectivity index is 1.07. The molecule has 0 radical (unpaired) electrons. The fourth-order valence-corrected chi connectivity index (χ4v) is 14.2. The molecular formula is C68H64O10P2. The van der Waals surface area contributed by atoms with Crippen molar-refractivity contribution >= 4 is 17.2 Å². The molecule has 9 aromatic rings. The molecule has 80 heavy (non-hydrogen) atoms. The summed E-state index contributed by atoms with van der Waals surface area (Å²) in [5.74, 6) is -2.52. The minimum absolute atomic E-state index is 0.187. The average Bonchev–Trinajstić information content (AvgIpc) is 3.93. The van der Waals surface area contributed by atoms with E-state index in [1.807, 2.05) is 261 Å². The smallest absolute Gasteiger partial charge is 0.399 e. The standard InChI is InChI=1S/C68H64O10P2/c1-63(2,69)71-61-49-65(51-30-13-5-14-31-51,52-32-15-6-16-33-52)75-79(77-67(61,55-38-21-9-22-39-55)56-40-23-10-24-41-56)73-59-46-29-47-60(48-59)74-80-76-66(53-34-17-7-18-35-53,54-36-19-8-20-37-54)50-62(72-64(3,4)70)68(78-80,57-42-25-11-26-43-57)58-44-27-12-28-45-58/h5-48,61-62,69-70H,49-50H2,1-4H3. The first-order chi connectivity index (χ1) is 38.8. The van der Waals surface area contributed by atoms with Crippen molar-refractivity contribution in [3.8, 4) is 11.5 Å². The highest BCUT2D eigenvalue weighted by Crippen LogP contribution is 2.65. The van der Waals surface area contributed by atoms with E-state index in [4.69, 9.17) is 36.6 Å². The fourth-order valence-electron chi connectivity index (χ4n) is 11.2. The summed E-state index contributed by atoms with van der Waals surface area (Å²) >= 11 is 0. The molecule has 2 aliphatic heterocycles. The number of aliphatic hydroxyl groups is 2. The molecule has 11 rings (SSSR count). The molecule has 2 aliphatic rings. The van der Waals surface area contributed by atoms with Gasteiger partial charge in [-0.15, -0.1) is 0 Å². The zero-order chi connectivity index (χ0) is 55.3. The number of hydrogen-bond acceptors (Lipinski definition) is 10. The maximum absolute atomic E-state index is 11.8. The van der Waals surface area contributed by atoms with E-state index in [0.717, 1.165) is 44.5 Å². The summed E-state index contributed by atoms with van der Waals surface area (Å²) in [6, 6.07) is 87.0. The monoisotopic (exact) mass is 1100 g/mol. The first kappa shape index (κ1) is 55.0. The molecule has 0 aromatic heterocycles. The lowest BCUT2D eigenvalue weighted by Crippen LogP contribution is -2.49. The minimum Gasteiger partial charge on any atom is -0.427 e. The van der Waals surface area contributed by atoms with Crippen LogP contribution >= 0.6 is 17.2 Å². The predicted molar refractivity (Wildman–Crippen MR) is 312 cm³/mol. The van der Waals surface area contributed by atoms with Gasteiger partial charge in [0.25, 0.3) is 0 Å². The molecule has 0 amide bonds. The zero-order valence-electron chi connectivity index (χ0n) is 45.0. The Labute approximate surface area is 471 Å². The van der Waals surface area contributed by atoms with Crippen molar-refractivity contribution in [1.82, 2.24) is 0 Å². The molecule has 2 fully saturated rings. The van der Waals surface area contributed by atoms with Crippen LogP contribution in [0.5, 0.6) is 11.5 Å². The second-order valence-corrected chi connectivity index (χ2v) is 23.0. The van der Waals surface area contributed by atoms with Crippen LogP contribution in [0.2, 0.25) is 0 Å². The normalized spacial score (nSPS) is 20.6.